The van der Waals surface area contributed by atoms with Crippen LogP contribution in [0.15, 0.2) is 21.2 Å². The lowest BCUT2D eigenvalue weighted by molar-refractivity contribution is -0.147. The molecule has 0 radical (unpaired) electrons. The van der Waals surface area contributed by atoms with Crippen molar-refractivity contribution < 1.29 is 23.8 Å². The quantitative estimate of drug-likeness (QED) is 0.839. The summed E-state index contributed by atoms with van der Waals surface area (Å²) in [5, 5.41) is 20.6. The lowest BCUT2D eigenvalue weighted by atomic mass is 10.2. The molecule has 24 heavy (non-hydrogen) atoms. The minimum absolute atomic E-state index is 0.0658. The molecule has 0 bridgehead atoms. The Morgan fingerprint density at radius 3 is 3.04 bits per heavy atom. The van der Waals surface area contributed by atoms with E-state index >= 15 is 0 Å². The smallest absolute Gasteiger partial charge is 0.306 e. The second kappa shape index (κ2) is 7.54. The SMILES string of the molecule is O=C(O)CC1CN(C(=O)CCc2nnc(-c3ccsc3)o2)CCO1. The highest BCUT2D eigenvalue weighted by Crippen LogP contribution is 2.21. The Morgan fingerprint density at radius 2 is 2.29 bits per heavy atom. The maximum atomic E-state index is 12.3. The van der Waals surface area contributed by atoms with Gasteiger partial charge in [-0.25, -0.2) is 0 Å². The van der Waals surface area contributed by atoms with E-state index in [9.17, 15) is 9.59 Å². The summed E-state index contributed by atoms with van der Waals surface area (Å²) in [6.07, 6.45) is 0.0492. The zero-order valence-corrected chi connectivity index (χ0v) is 13.7. The molecule has 0 aromatic carbocycles. The molecule has 0 aliphatic carbocycles. The largest absolute Gasteiger partial charge is 0.481 e. The van der Waals surface area contributed by atoms with Crippen LogP contribution in [0.5, 0.6) is 0 Å². The Bertz CT molecular complexity index is 700. The molecular weight excluding hydrogens is 334 g/mol. The number of carboxylic acid groups (broad SMARTS) is 1. The fourth-order valence-electron chi connectivity index (χ4n) is 2.49. The molecule has 2 aromatic heterocycles. The standard InChI is InChI=1S/C15H17N3O5S/c19-13(18-4-5-22-11(8-18)7-14(20)21)2-1-12-16-17-15(23-12)10-3-6-24-9-10/h3,6,9,11H,1-2,4-5,7-8H2,(H,20,21). The van der Waals surface area contributed by atoms with Gasteiger partial charge in [-0.3, -0.25) is 9.59 Å². The van der Waals surface area contributed by atoms with Gasteiger partial charge >= 0.3 is 5.97 Å². The van der Waals surface area contributed by atoms with E-state index in [1.807, 2.05) is 16.8 Å². The summed E-state index contributed by atoms with van der Waals surface area (Å²) >= 11 is 1.54. The molecule has 1 saturated heterocycles. The number of amides is 1. The average molecular weight is 351 g/mol. The lowest BCUT2D eigenvalue weighted by Gasteiger charge is -2.32. The Morgan fingerprint density at radius 1 is 1.42 bits per heavy atom. The lowest BCUT2D eigenvalue weighted by Crippen LogP contribution is -2.46. The van der Waals surface area contributed by atoms with Crippen LogP contribution in [0.25, 0.3) is 11.5 Å². The second-order valence-electron chi connectivity index (χ2n) is 5.44. The summed E-state index contributed by atoms with van der Waals surface area (Å²) in [5.74, 6) is -0.128. The minimum atomic E-state index is -0.930. The first kappa shape index (κ1) is 16.6. The van der Waals surface area contributed by atoms with E-state index in [2.05, 4.69) is 10.2 Å². The van der Waals surface area contributed by atoms with E-state index in [-0.39, 0.29) is 18.7 Å². The van der Waals surface area contributed by atoms with Crippen LogP contribution in [0.4, 0.5) is 0 Å². The van der Waals surface area contributed by atoms with Crippen molar-refractivity contribution in [3.05, 3.63) is 22.7 Å². The number of hydrogen-bond acceptors (Lipinski definition) is 7. The number of aliphatic carboxylic acids is 1. The highest BCUT2D eigenvalue weighted by atomic mass is 32.1. The van der Waals surface area contributed by atoms with Crippen LogP contribution in [0.3, 0.4) is 0 Å². The number of hydrogen-bond donors (Lipinski definition) is 1. The summed E-state index contributed by atoms with van der Waals surface area (Å²) in [5.41, 5.74) is 0.870. The zero-order valence-electron chi connectivity index (χ0n) is 12.9. The van der Waals surface area contributed by atoms with Gasteiger partial charge in [-0.2, -0.15) is 11.3 Å². The summed E-state index contributed by atoms with van der Waals surface area (Å²) in [7, 11) is 0. The van der Waals surface area contributed by atoms with Crippen LogP contribution in [-0.2, 0) is 20.7 Å². The van der Waals surface area contributed by atoms with Crippen molar-refractivity contribution in [2.24, 2.45) is 0 Å². The van der Waals surface area contributed by atoms with E-state index in [0.29, 0.717) is 37.9 Å². The van der Waals surface area contributed by atoms with Crippen LogP contribution in [0.1, 0.15) is 18.7 Å². The third kappa shape index (κ3) is 4.18. The van der Waals surface area contributed by atoms with Crippen LogP contribution < -0.4 is 0 Å². The first-order valence-corrected chi connectivity index (χ1v) is 8.52. The molecule has 9 heteroatoms. The Labute approximate surface area is 142 Å². The molecule has 1 aliphatic heterocycles. The molecule has 1 amide bonds. The van der Waals surface area contributed by atoms with Crippen molar-refractivity contribution in [1.82, 2.24) is 15.1 Å². The van der Waals surface area contributed by atoms with Crippen LogP contribution in [0.2, 0.25) is 0 Å². The Kier molecular flexibility index (Phi) is 5.21. The van der Waals surface area contributed by atoms with Gasteiger partial charge in [0.2, 0.25) is 17.7 Å². The highest BCUT2D eigenvalue weighted by Gasteiger charge is 2.26. The maximum absolute atomic E-state index is 12.3. The van der Waals surface area contributed by atoms with Crippen LogP contribution >= 0.6 is 11.3 Å². The van der Waals surface area contributed by atoms with Gasteiger partial charge in [-0.15, -0.1) is 10.2 Å². The molecule has 3 heterocycles. The molecule has 3 rings (SSSR count). The molecule has 8 nitrogen and oxygen atoms in total. The van der Waals surface area contributed by atoms with E-state index in [1.165, 1.54) is 0 Å². The van der Waals surface area contributed by atoms with Crippen molar-refractivity contribution in [2.45, 2.75) is 25.4 Å². The third-order valence-electron chi connectivity index (χ3n) is 3.68. The number of nitrogens with zero attached hydrogens (tertiary/aromatic N) is 3. The van der Waals surface area contributed by atoms with Gasteiger partial charge in [0, 0.05) is 36.9 Å². The Hall–Kier alpha value is -2.26. The highest BCUT2D eigenvalue weighted by molar-refractivity contribution is 7.08. The van der Waals surface area contributed by atoms with Gasteiger partial charge in [0.25, 0.3) is 0 Å². The van der Waals surface area contributed by atoms with Gasteiger partial charge in [0.1, 0.15) is 0 Å². The predicted molar refractivity (Wildman–Crippen MR) is 84.5 cm³/mol. The summed E-state index contributed by atoms with van der Waals surface area (Å²) in [4.78, 5) is 24.6. The normalized spacial score (nSPS) is 17.8. The number of thiophene rings is 1. The summed E-state index contributed by atoms with van der Waals surface area (Å²) in [6.45, 7) is 1.13. The molecule has 1 unspecified atom stereocenters. The zero-order chi connectivity index (χ0) is 16.9. The van der Waals surface area contributed by atoms with Gasteiger partial charge in [-0.1, -0.05) is 0 Å². The van der Waals surface area contributed by atoms with Crippen molar-refractivity contribution in [3.63, 3.8) is 0 Å². The van der Waals surface area contributed by atoms with Crippen LogP contribution in [-0.4, -0.2) is 57.9 Å². The molecule has 2 aromatic rings. The summed E-state index contributed by atoms with van der Waals surface area (Å²) < 4.78 is 10.9. The molecule has 1 fully saturated rings. The number of morpholine rings is 1. The molecule has 0 spiro atoms. The first-order chi connectivity index (χ1) is 11.6. The predicted octanol–water partition coefficient (Wildman–Crippen LogP) is 1.43. The second-order valence-corrected chi connectivity index (χ2v) is 6.22. The van der Waals surface area contributed by atoms with E-state index in [1.54, 1.807) is 16.2 Å². The van der Waals surface area contributed by atoms with Crippen molar-refractivity contribution >= 4 is 23.2 Å². The monoisotopic (exact) mass is 351 g/mol. The van der Waals surface area contributed by atoms with Gasteiger partial charge < -0.3 is 19.2 Å². The average Bonchev–Trinajstić information content (AvgIpc) is 3.23. The number of aromatic nitrogens is 2. The molecule has 1 aliphatic rings. The number of carbonyl (C=O) groups excluding carboxylic acids is 1. The number of aryl methyl sites for hydroxylation is 1. The fraction of sp³-hybridized carbons (Fsp3) is 0.467. The number of rotatable bonds is 6. The first-order valence-electron chi connectivity index (χ1n) is 7.58. The van der Waals surface area contributed by atoms with Crippen molar-refractivity contribution in [3.8, 4) is 11.5 Å². The fourth-order valence-corrected chi connectivity index (χ4v) is 3.12. The Balaban J connectivity index is 1.51. The third-order valence-corrected chi connectivity index (χ3v) is 4.36. The number of carbonyl (C=O) groups is 2. The topological polar surface area (TPSA) is 106 Å². The molecule has 1 N–H and O–H groups in total. The van der Waals surface area contributed by atoms with Crippen molar-refractivity contribution in [2.75, 3.05) is 19.7 Å². The van der Waals surface area contributed by atoms with E-state index in [0.717, 1.165) is 5.56 Å². The molecule has 1 atom stereocenters. The van der Waals surface area contributed by atoms with Gasteiger partial charge in [0.15, 0.2) is 0 Å². The molecular formula is C15H17N3O5S. The maximum Gasteiger partial charge on any atom is 0.306 e. The van der Waals surface area contributed by atoms with E-state index in [4.69, 9.17) is 14.3 Å². The minimum Gasteiger partial charge on any atom is -0.481 e. The van der Waals surface area contributed by atoms with Gasteiger partial charge in [-0.05, 0) is 11.4 Å². The molecule has 0 saturated carbocycles. The summed E-state index contributed by atoms with van der Waals surface area (Å²) in [6, 6.07) is 1.89. The van der Waals surface area contributed by atoms with Crippen LogP contribution in [0, 0.1) is 0 Å². The number of ether oxygens (including phenoxy) is 1. The van der Waals surface area contributed by atoms with Crippen molar-refractivity contribution in [1.29, 1.82) is 0 Å². The number of carboxylic acids is 1. The molecule has 128 valence electrons. The van der Waals surface area contributed by atoms with Gasteiger partial charge in [0.05, 0.1) is 19.1 Å². The van der Waals surface area contributed by atoms with E-state index < -0.39 is 12.1 Å².